The first-order valence-electron chi connectivity index (χ1n) is 13.1. The number of carbonyl (C=O) groups excluding carboxylic acids is 1. The highest BCUT2D eigenvalue weighted by atomic mass is 32.1. The predicted octanol–water partition coefficient (Wildman–Crippen LogP) is 6.50. The van der Waals surface area contributed by atoms with Gasteiger partial charge in [0.25, 0.3) is 5.56 Å². The molecule has 0 radical (unpaired) electrons. The zero-order chi connectivity index (χ0) is 26.2. The van der Waals surface area contributed by atoms with Crippen LogP contribution in [0.15, 0.2) is 83.7 Å². The second-order valence-corrected chi connectivity index (χ2v) is 11.8. The molecule has 0 spiro atoms. The average Bonchev–Trinajstić information content (AvgIpc) is 3.29. The first kappa shape index (κ1) is 24.8. The molecule has 1 fully saturated rings. The molecule has 5 nitrogen and oxygen atoms in total. The Kier molecular flexibility index (Phi) is 6.72. The van der Waals surface area contributed by atoms with Crippen LogP contribution in [0, 0.1) is 16.8 Å². The minimum Gasteiger partial charge on any atom is -0.341 e. The summed E-state index contributed by atoms with van der Waals surface area (Å²) in [6, 6.07) is 26.3. The van der Waals surface area contributed by atoms with E-state index in [2.05, 4.69) is 43.3 Å². The first-order chi connectivity index (χ1) is 18.5. The van der Waals surface area contributed by atoms with Gasteiger partial charge in [-0.2, -0.15) is 0 Å². The second kappa shape index (κ2) is 10.3. The van der Waals surface area contributed by atoms with Crippen LogP contribution < -0.4 is 5.56 Å². The first-order valence-corrected chi connectivity index (χ1v) is 14.3. The lowest BCUT2D eigenvalue weighted by Crippen LogP contribution is -2.42. The van der Waals surface area contributed by atoms with Gasteiger partial charge in [-0.15, -0.1) is 11.3 Å². The molecule has 6 rings (SSSR count). The summed E-state index contributed by atoms with van der Waals surface area (Å²) in [4.78, 5) is 30.3. The molecule has 38 heavy (non-hydrogen) atoms. The van der Waals surface area contributed by atoms with Crippen molar-refractivity contribution in [2.45, 2.75) is 32.7 Å². The normalized spacial score (nSPS) is 14.4. The summed E-state index contributed by atoms with van der Waals surface area (Å²) in [6.07, 6.45) is 2.99. The molecule has 3 aromatic carbocycles. The van der Waals surface area contributed by atoms with Crippen LogP contribution in [-0.2, 0) is 17.8 Å². The summed E-state index contributed by atoms with van der Waals surface area (Å²) in [5.74, 6) is 0.550. The van der Waals surface area contributed by atoms with Crippen molar-refractivity contribution in [2.24, 2.45) is 5.92 Å². The molecule has 192 valence electrons. The Morgan fingerprint density at radius 1 is 0.974 bits per heavy atom. The molecule has 3 heterocycles. The van der Waals surface area contributed by atoms with Crippen molar-refractivity contribution >= 4 is 46.0 Å². The molecule has 0 N–H and O–H groups in total. The Hall–Kier alpha value is -3.55. The minimum absolute atomic E-state index is 0.000835. The zero-order valence-corrected chi connectivity index (χ0v) is 22.9. The van der Waals surface area contributed by atoms with Crippen molar-refractivity contribution in [3.63, 3.8) is 0 Å². The highest BCUT2D eigenvalue weighted by Crippen LogP contribution is 2.33. The van der Waals surface area contributed by atoms with Gasteiger partial charge in [0.1, 0.15) is 12.2 Å². The Balaban J connectivity index is 1.35. The van der Waals surface area contributed by atoms with E-state index in [1.807, 2.05) is 51.8 Å². The molecule has 2 aromatic heterocycles. The molecule has 5 aromatic rings. The fraction of sp³-hybridized carbons (Fsp3) is 0.258. The number of likely N-dealkylation sites (tertiary alicyclic amines) is 1. The van der Waals surface area contributed by atoms with Crippen molar-refractivity contribution in [1.82, 2.24) is 13.9 Å². The quantitative estimate of drug-likeness (QED) is 0.240. The lowest BCUT2D eigenvalue weighted by Gasteiger charge is -2.32. The molecule has 0 bridgehead atoms. The predicted molar refractivity (Wildman–Crippen MR) is 157 cm³/mol. The van der Waals surface area contributed by atoms with E-state index in [0.717, 1.165) is 53.9 Å². The maximum Gasteiger partial charge on any atom is 0.262 e. The summed E-state index contributed by atoms with van der Waals surface area (Å²) in [5, 5.41) is 0.569. The molecule has 7 heteroatoms. The smallest absolute Gasteiger partial charge is 0.262 e. The Morgan fingerprint density at radius 2 is 1.71 bits per heavy atom. The number of hydrogen-bond acceptors (Lipinski definition) is 4. The van der Waals surface area contributed by atoms with Gasteiger partial charge in [-0.25, -0.2) is 0 Å². The number of carbonyl (C=O) groups is 1. The molecule has 0 atom stereocenters. The molecule has 0 saturated carbocycles. The van der Waals surface area contributed by atoms with Gasteiger partial charge in [0.05, 0.1) is 15.8 Å². The van der Waals surface area contributed by atoms with Crippen molar-refractivity contribution in [2.75, 3.05) is 13.1 Å². The number of amides is 1. The SMILES string of the molecule is Cc1cccc(-c2sc(=S)n3c4ccccc4c(=O)n(CC(=O)N4CCC(Cc5ccccc5)CC4)c23)c1. The second-order valence-electron chi connectivity index (χ2n) is 10.1. The highest BCUT2D eigenvalue weighted by Gasteiger charge is 2.25. The Morgan fingerprint density at radius 3 is 2.47 bits per heavy atom. The van der Waals surface area contributed by atoms with E-state index in [1.165, 1.54) is 16.9 Å². The number of piperidine rings is 1. The monoisotopic (exact) mass is 539 g/mol. The number of hydrogen-bond donors (Lipinski definition) is 0. The number of aryl methyl sites for hydroxylation is 1. The topological polar surface area (TPSA) is 46.7 Å². The van der Waals surface area contributed by atoms with Crippen LogP contribution in [0.5, 0.6) is 0 Å². The number of para-hydroxylation sites is 1. The molecule has 1 aliphatic heterocycles. The third-order valence-electron chi connectivity index (χ3n) is 7.57. The van der Waals surface area contributed by atoms with Gasteiger partial charge in [-0.3, -0.25) is 18.6 Å². The molecule has 0 aliphatic carbocycles. The van der Waals surface area contributed by atoms with Gasteiger partial charge < -0.3 is 4.90 Å². The van der Waals surface area contributed by atoms with Crippen LogP contribution in [0.25, 0.3) is 27.0 Å². The van der Waals surface area contributed by atoms with E-state index in [4.69, 9.17) is 12.2 Å². The van der Waals surface area contributed by atoms with E-state index in [0.29, 0.717) is 20.9 Å². The minimum atomic E-state index is -0.158. The van der Waals surface area contributed by atoms with Crippen molar-refractivity contribution < 1.29 is 4.79 Å². The fourth-order valence-corrected chi connectivity index (χ4v) is 7.03. The van der Waals surface area contributed by atoms with Gasteiger partial charge in [-0.05, 0) is 67.6 Å². The van der Waals surface area contributed by atoms with Crippen LogP contribution in [0.2, 0.25) is 0 Å². The standard InChI is InChI=1S/C31H29N3O2S2/c1-21-8-7-11-24(18-21)28-29-33(30(36)25-12-5-6-13-26(25)34(29)31(37)38-28)20-27(35)32-16-14-23(15-17-32)19-22-9-3-2-4-10-22/h2-13,18,23H,14-17,19-20H2,1H3. The number of nitrogens with zero attached hydrogens (tertiary/aromatic N) is 3. The molecule has 1 aliphatic rings. The zero-order valence-electron chi connectivity index (χ0n) is 21.3. The molecular weight excluding hydrogens is 510 g/mol. The van der Waals surface area contributed by atoms with Crippen LogP contribution in [0.1, 0.15) is 24.0 Å². The van der Waals surface area contributed by atoms with Gasteiger partial charge in [-0.1, -0.05) is 72.3 Å². The van der Waals surface area contributed by atoms with E-state index in [1.54, 1.807) is 4.57 Å². The van der Waals surface area contributed by atoms with E-state index in [-0.39, 0.29) is 18.0 Å². The van der Waals surface area contributed by atoms with Crippen LogP contribution >= 0.6 is 23.6 Å². The van der Waals surface area contributed by atoms with Crippen LogP contribution in [0.4, 0.5) is 0 Å². The molecule has 1 saturated heterocycles. The number of thiazole rings is 1. The van der Waals surface area contributed by atoms with Crippen molar-refractivity contribution in [3.8, 4) is 10.4 Å². The molecular formula is C31H29N3O2S2. The highest BCUT2D eigenvalue weighted by molar-refractivity contribution is 7.73. The summed E-state index contributed by atoms with van der Waals surface area (Å²) >= 11 is 7.30. The Labute approximate surface area is 230 Å². The number of benzene rings is 3. The van der Waals surface area contributed by atoms with Crippen LogP contribution in [0.3, 0.4) is 0 Å². The summed E-state index contributed by atoms with van der Waals surface area (Å²) in [6.45, 7) is 3.49. The largest absolute Gasteiger partial charge is 0.341 e. The maximum atomic E-state index is 13.8. The van der Waals surface area contributed by atoms with Crippen LogP contribution in [-0.4, -0.2) is 32.9 Å². The lowest BCUT2D eigenvalue weighted by molar-refractivity contribution is -0.133. The van der Waals surface area contributed by atoms with Crippen molar-refractivity contribution in [3.05, 3.63) is 104 Å². The maximum absolute atomic E-state index is 13.8. The van der Waals surface area contributed by atoms with E-state index < -0.39 is 0 Å². The molecule has 0 unspecified atom stereocenters. The molecule has 1 amide bonds. The lowest BCUT2D eigenvalue weighted by atomic mass is 9.90. The summed E-state index contributed by atoms with van der Waals surface area (Å²) < 4.78 is 4.27. The van der Waals surface area contributed by atoms with Gasteiger partial charge in [0, 0.05) is 13.1 Å². The third-order valence-corrected chi connectivity index (χ3v) is 8.98. The van der Waals surface area contributed by atoms with Gasteiger partial charge in [0.15, 0.2) is 3.95 Å². The Bertz CT molecular complexity index is 1760. The summed E-state index contributed by atoms with van der Waals surface area (Å²) in [7, 11) is 0. The number of aromatic nitrogens is 2. The van der Waals surface area contributed by atoms with Gasteiger partial charge >= 0.3 is 0 Å². The summed E-state index contributed by atoms with van der Waals surface area (Å²) in [5.41, 5.74) is 4.79. The van der Waals surface area contributed by atoms with Gasteiger partial charge in [0.2, 0.25) is 5.91 Å². The van der Waals surface area contributed by atoms with E-state index in [9.17, 15) is 9.59 Å². The van der Waals surface area contributed by atoms with Crippen molar-refractivity contribution in [1.29, 1.82) is 0 Å². The number of fused-ring (bicyclic) bond motifs is 3. The van der Waals surface area contributed by atoms with E-state index >= 15 is 0 Å². The number of rotatable bonds is 5. The fourth-order valence-electron chi connectivity index (χ4n) is 5.60. The average molecular weight is 540 g/mol. The third kappa shape index (κ3) is 4.61.